The van der Waals surface area contributed by atoms with Crippen molar-refractivity contribution in [1.82, 2.24) is 4.98 Å². The molecular weight excluding hydrogens is 276 g/mol. The summed E-state index contributed by atoms with van der Waals surface area (Å²) >= 11 is 0. The topological polar surface area (TPSA) is 34.6 Å². The molecule has 1 aliphatic heterocycles. The molecule has 1 unspecified atom stereocenters. The van der Waals surface area contributed by atoms with Crippen molar-refractivity contribution in [2.75, 3.05) is 38.3 Å². The Labute approximate surface area is 132 Å². The Hall–Kier alpha value is -1.65. The van der Waals surface area contributed by atoms with Crippen LogP contribution in [-0.4, -0.2) is 44.5 Å². The van der Waals surface area contributed by atoms with Crippen LogP contribution in [0.15, 0.2) is 30.3 Å². The highest BCUT2D eigenvalue weighted by atomic mass is 16.5. The van der Waals surface area contributed by atoms with Gasteiger partial charge < -0.3 is 14.4 Å². The SMILES string of the molecule is CCCc1cc(N2CCOC(COC)C2)c2ccccc2n1. The molecule has 1 aromatic heterocycles. The van der Waals surface area contributed by atoms with Crippen molar-refractivity contribution in [3.63, 3.8) is 0 Å². The van der Waals surface area contributed by atoms with E-state index in [2.05, 4.69) is 42.2 Å². The highest BCUT2D eigenvalue weighted by Crippen LogP contribution is 2.28. The zero-order valence-electron chi connectivity index (χ0n) is 13.4. The first-order valence-electron chi connectivity index (χ1n) is 8.06. The van der Waals surface area contributed by atoms with E-state index in [0.29, 0.717) is 6.61 Å². The zero-order chi connectivity index (χ0) is 15.4. The Kier molecular flexibility index (Phi) is 4.90. The first-order valence-corrected chi connectivity index (χ1v) is 8.06. The lowest BCUT2D eigenvalue weighted by Gasteiger charge is -2.35. The molecule has 0 saturated carbocycles. The van der Waals surface area contributed by atoms with Crippen LogP contribution >= 0.6 is 0 Å². The van der Waals surface area contributed by atoms with Crippen LogP contribution in [0.5, 0.6) is 0 Å². The average Bonchev–Trinajstić information content (AvgIpc) is 2.55. The van der Waals surface area contributed by atoms with Crippen molar-refractivity contribution in [2.45, 2.75) is 25.9 Å². The Morgan fingerprint density at radius 3 is 3.05 bits per heavy atom. The summed E-state index contributed by atoms with van der Waals surface area (Å²) in [4.78, 5) is 7.21. The van der Waals surface area contributed by atoms with E-state index >= 15 is 0 Å². The second kappa shape index (κ2) is 7.07. The maximum Gasteiger partial charge on any atom is 0.0983 e. The van der Waals surface area contributed by atoms with Crippen LogP contribution in [0.1, 0.15) is 19.0 Å². The van der Waals surface area contributed by atoms with Crippen LogP contribution in [-0.2, 0) is 15.9 Å². The van der Waals surface area contributed by atoms with Gasteiger partial charge in [-0.1, -0.05) is 31.5 Å². The molecule has 2 aromatic rings. The Morgan fingerprint density at radius 2 is 2.23 bits per heavy atom. The second-order valence-electron chi connectivity index (χ2n) is 5.79. The van der Waals surface area contributed by atoms with E-state index in [1.54, 1.807) is 7.11 Å². The van der Waals surface area contributed by atoms with E-state index in [-0.39, 0.29) is 6.10 Å². The van der Waals surface area contributed by atoms with Gasteiger partial charge in [-0.05, 0) is 18.6 Å². The molecule has 0 amide bonds. The molecule has 0 bridgehead atoms. The molecule has 1 fully saturated rings. The molecule has 0 spiro atoms. The molecule has 2 heterocycles. The van der Waals surface area contributed by atoms with Crippen molar-refractivity contribution >= 4 is 16.6 Å². The van der Waals surface area contributed by atoms with Crippen LogP contribution in [0.25, 0.3) is 10.9 Å². The number of aromatic nitrogens is 1. The van der Waals surface area contributed by atoms with Crippen molar-refractivity contribution in [3.05, 3.63) is 36.0 Å². The normalized spacial score (nSPS) is 18.8. The predicted octanol–water partition coefficient (Wildman–Crippen LogP) is 3.04. The molecule has 4 nitrogen and oxygen atoms in total. The van der Waals surface area contributed by atoms with Gasteiger partial charge in [0.2, 0.25) is 0 Å². The molecule has 22 heavy (non-hydrogen) atoms. The van der Waals surface area contributed by atoms with Gasteiger partial charge in [0, 0.05) is 37.0 Å². The minimum Gasteiger partial charge on any atom is -0.382 e. The van der Waals surface area contributed by atoms with Gasteiger partial charge in [0.25, 0.3) is 0 Å². The summed E-state index contributed by atoms with van der Waals surface area (Å²) in [7, 11) is 1.73. The van der Waals surface area contributed by atoms with Crippen LogP contribution in [0.3, 0.4) is 0 Å². The van der Waals surface area contributed by atoms with Crippen LogP contribution in [0.2, 0.25) is 0 Å². The molecule has 4 heteroatoms. The third-order valence-electron chi connectivity index (χ3n) is 4.09. The minimum atomic E-state index is 0.139. The number of ether oxygens (including phenoxy) is 2. The molecular formula is C18H24N2O2. The highest BCUT2D eigenvalue weighted by Gasteiger charge is 2.22. The second-order valence-corrected chi connectivity index (χ2v) is 5.79. The summed E-state index contributed by atoms with van der Waals surface area (Å²) < 4.78 is 11.0. The number of methoxy groups -OCH3 is 1. The standard InChI is InChI=1S/C18H24N2O2/c1-3-6-14-11-18(16-7-4-5-8-17(16)19-14)20-9-10-22-15(12-20)13-21-2/h4-5,7-8,11,15H,3,6,9-10,12-13H2,1-2H3. The quantitative estimate of drug-likeness (QED) is 0.850. The molecule has 3 rings (SSSR count). The summed E-state index contributed by atoms with van der Waals surface area (Å²) in [6, 6.07) is 10.7. The predicted molar refractivity (Wildman–Crippen MR) is 89.6 cm³/mol. The summed E-state index contributed by atoms with van der Waals surface area (Å²) in [6.07, 6.45) is 2.27. The first kappa shape index (κ1) is 15.3. The number of nitrogens with zero attached hydrogens (tertiary/aromatic N) is 2. The average molecular weight is 300 g/mol. The van der Waals surface area contributed by atoms with Crippen LogP contribution in [0.4, 0.5) is 5.69 Å². The number of hydrogen-bond donors (Lipinski definition) is 0. The molecule has 1 aliphatic rings. The fourth-order valence-electron chi connectivity index (χ4n) is 3.08. The fraction of sp³-hybridized carbons (Fsp3) is 0.500. The smallest absolute Gasteiger partial charge is 0.0983 e. The van der Waals surface area contributed by atoms with Gasteiger partial charge >= 0.3 is 0 Å². The fourth-order valence-corrected chi connectivity index (χ4v) is 3.08. The number of pyridine rings is 1. The maximum absolute atomic E-state index is 5.78. The lowest BCUT2D eigenvalue weighted by molar-refractivity contribution is -0.00996. The van der Waals surface area contributed by atoms with Crippen molar-refractivity contribution in [3.8, 4) is 0 Å². The number of para-hydroxylation sites is 1. The van der Waals surface area contributed by atoms with Gasteiger partial charge in [0.15, 0.2) is 0 Å². The van der Waals surface area contributed by atoms with E-state index in [4.69, 9.17) is 14.5 Å². The molecule has 1 saturated heterocycles. The van der Waals surface area contributed by atoms with Crippen molar-refractivity contribution in [2.24, 2.45) is 0 Å². The molecule has 0 aliphatic carbocycles. The van der Waals surface area contributed by atoms with E-state index < -0.39 is 0 Å². The lowest BCUT2D eigenvalue weighted by Crippen LogP contribution is -2.44. The van der Waals surface area contributed by atoms with Crippen molar-refractivity contribution in [1.29, 1.82) is 0 Å². The number of benzene rings is 1. The summed E-state index contributed by atoms with van der Waals surface area (Å²) in [5.74, 6) is 0. The van der Waals surface area contributed by atoms with E-state index in [1.165, 1.54) is 16.8 Å². The third kappa shape index (κ3) is 3.23. The summed E-state index contributed by atoms with van der Waals surface area (Å²) in [6.45, 7) is 5.36. The minimum absolute atomic E-state index is 0.139. The van der Waals surface area contributed by atoms with Gasteiger partial charge in [-0.15, -0.1) is 0 Å². The monoisotopic (exact) mass is 300 g/mol. The molecule has 0 radical (unpaired) electrons. The number of aryl methyl sites for hydroxylation is 1. The lowest BCUT2D eigenvalue weighted by atomic mass is 10.1. The summed E-state index contributed by atoms with van der Waals surface area (Å²) in [5.41, 5.74) is 3.53. The molecule has 1 aromatic carbocycles. The van der Waals surface area contributed by atoms with Gasteiger partial charge in [-0.2, -0.15) is 0 Å². The Balaban J connectivity index is 1.97. The number of morpholine rings is 1. The number of fused-ring (bicyclic) bond motifs is 1. The van der Waals surface area contributed by atoms with Gasteiger partial charge in [0.05, 0.1) is 24.8 Å². The number of rotatable bonds is 5. The van der Waals surface area contributed by atoms with Crippen molar-refractivity contribution < 1.29 is 9.47 Å². The van der Waals surface area contributed by atoms with Gasteiger partial charge in [-0.25, -0.2) is 0 Å². The molecule has 118 valence electrons. The Bertz CT molecular complexity index is 628. The number of hydrogen-bond acceptors (Lipinski definition) is 4. The third-order valence-corrected chi connectivity index (χ3v) is 4.09. The largest absolute Gasteiger partial charge is 0.382 e. The van der Waals surface area contributed by atoms with Gasteiger partial charge in [-0.3, -0.25) is 4.98 Å². The zero-order valence-corrected chi connectivity index (χ0v) is 13.4. The first-order chi connectivity index (χ1) is 10.8. The van der Waals surface area contributed by atoms with E-state index in [0.717, 1.165) is 38.1 Å². The van der Waals surface area contributed by atoms with E-state index in [1.807, 2.05) is 0 Å². The van der Waals surface area contributed by atoms with E-state index in [9.17, 15) is 0 Å². The van der Waals surface area contributed by atoms with Crippen LogP contribution in [0, 0.1) is 0 Å². The summed E-state index contributed by atoms with van der Waals surface area (Å²) in [5, 5.41) is 1.22. The van der Waals surface area contributed by atoms with Gasteiger partial charge in [0.1, 0.15) is 0 Å². The van der Waals surface area contributed by atoms with Crippen LogP contribution < -0.4 is 4.90 Å². The molecule has 1 atom stereocenters. The highest BCUT2D eigenvalue weighted by molar-refractivity contribution is 5.92. The molecule has 0 N–H and O–H groups in total. The number of anilines is 1. The maximum atomic E-state index is 5.78. The Morgan fingerprint density at radius 1 is 1.36 bits per heavy atom.